The standard InChI is InChI=1S/C21H24FN3O3/c1-12(2)19(25-20(27)16-7-5-6-8-17(16)22)21(28)24-15-9-10-18(13(3)11-15)23-14(4)26/h5-12,19H,1-4H3,(H,23,26)(H,24,28)(H,25,27). The van der Waals surface area contributed by atoms with Crippen LogP contribution in [0.25, 0.3) is 0 Å². The van der Waals surface area contributed by atoms with Gasteiger partial charge in [-0.3, -0.25) is 14.4 Å². The summed E-state index contributed by atoms with van der Waals surface area (Å²) in [6.45, 7) is 6.80. The van der Waals surface area contributed by atoms with Crippen LogP contribution >= 0.6 is 0 Å². The molecule has 0 aromatic heterocycles. The number of aryl methyl sites for hydroxylation is 1. The molecule has 2 rings (SSSR count). The van der Waals surface area contributed by atoms with Crippen LogP contribution in [-0.2, 0) is 9.59 Å². The summed E-state index contributed by atoms with van der Waals surface area (Å²) < 4.78 is 13.8. The molecule has 1 atom stereocenters. The van der Waals surface area contributed by atoms with Crippen LogP contribution in [-0.4, -0.2) is 23.8 Å². The summed E-state index contributed by atoms with van der Waals surface area (Å²) >= 11 is 0. The Bertz CT molecular complexity index is 896. The molecule has 0 aliphatic rings. The van der Waals surface area contributed by atoms with E-state index in [1.165, 1.54) is 25.1 Å². The SMILES string of the molecule is CC(=O)Nc1ccc(NC(=O)C(NC(=O)c2ccccc2F)C(C)C)cc1C. The Morgan fingerprint density at radius 3 is 2.25 bits per heavy atom. The van der Waals surface area contributed by atoms with Crippen LogP contribution in [0.4, 0.5) is 15.8 Å². The second-order valence-electron chi connectivity index (χ2n) is 6.88. The topological polar surface area (TPSA) is 87.3 Å². The number of carbonyl (C=O) groups is 3. The molecule has 0 aliphatic heterocycles. The maximum atomic E-state index is 13.8. The summed E-state index contributed by atoms with van der Waals surface area (Å²) in [5.74, 6) is -2.10. The van der Waals surface area contributed by atoms with Crippen molar-refractivity contribution in [2.75, 3.05) is 10.6 Å². The maximum absolute atomic E-state index is 13.8. The fourth-order valence-electron chi connectivity index (χ4n) is 2.69. The van der Waals surface area contributed by atoms with Crippen molar-refractivity contribution in [3.8, 4) is 0 Å². The molecular weight excluding hydrogens is 361 g/mol. The van der Waals surface area contributed by atoms with Crippen molar-refractivity contribution >= 4 is 29.1 Å². The molecule has 28 heavy (non-hydrogen) atoms. The number of rotatable bonds is 6. The first-order valence-electron chi connectivity index (χ1n) is 8.93. The number of amides is 3. The van der Waals surface area contributed by atoms with Crippen LogP contribution < -0.4 is 16.0 Å². The molecule has 148 valence electrons. The summed E-state index contributed by atoms with van der Waals surface area (Å²) in [6.07, 6.45) is 0. The van der Waals surface area contributed by atoms with Gasteiger partial charge >= 0.3 is 0 Å². The highest BCUT2D eigenvalue weighted by Gasteiger charge is 2.25. The summed E-state index contributed by atoms with van der Waals surface area (Å²) in [4.78, 5) is 36.2. The molecule has 0 fully saturated rings. The fraction of sp³-hybridized carbons (Fsp3) is 0.286. The second-order valence-corrected chi connectivity index (χ2v) is 6.88. The summed E-state index contributed by atoms with van der Waals surface area (Å²) in [5, 5.41) is 8.05. The number of benzene rings is 2. The lowest BCUT2D eigenvalue weighted by molar-refractivity contribution is -0.119. The molecule has 0 aliphatic carbocycles. The maximum Gasteiger partial charge on any atom is 0.254 e. The third-order valence-corrected chi connectivity index (χ3v) is 4.16. The molecule has 0 spiro atoms. The lowest BCUT2D eigenvalue weighted by atomic mass is 10.0. The van der Waals surface area contributed by atoms with Gasteiger partial charge in [0.1, 0.15) is 11.9 Å². The van der Waals surface area contributed by atoms with Gasteiger partial charge in [-0.15, -0.1) is 0 Å². The third kappa shape index (κ3) is 5.39. The Balaban J connectivity index is 2.13. The Morgan fingerprint density at radius 2 is 1.68 bits per heavy atom. The first kappa shape index (κ1) is 21.1. The number of carbonyl (C=O) groups excluding carboxylic acids is 3. The lowest BCUT2D eigenvalue weighted by Gasteiger charge is -2.22. The van der Waals surface area contributed by atoms with Gasteiger partial charge in [0.05, 0.1) is 5.56 Å². The number of hydrogen-bond acceptors (Lipinski definition) is 3. The predicted octanol–water partition coefficient (Wildman–Crippen LogP) is 3.49. The molecule has 2 aromatic rings. The van der Waals surface area contributed by atoms with E-state index in [0.29, 0.717) is 11.4 Å². The van der Waals surface area contributed by atoms with Gasteiger partial charge in [0.15, 0.2) is 0 Å². The molecule has 6 nitrogen and oxygen atoms in total. The van der Waals surface area contributed by atoms with Crippen molar-refractivity contribution in [2.24, 2.45) is 5.92 Å². The first-order valence-corrected chi connectivity index (χ1v) is 8.93. The molecule has 0 bridgehead atoms. The monoisotopic (exact) mass is 385 g/mol. The smallest absolute Gasteiger partial charge is 0.254 e. The van der Waals surface area contributed by atoms with Gasteiger partial charge < -0.3 is 16.0 Å². The normalized spacial score (nSPS) is 11.6. The van der Waals surface area contributed by atoms with Crippen molar-refractivity contribution in [3.63, 3.8) is 0 Å². The third-order valence-electron chi connectivity index (χ3n) is 4.16. The minimum absolute atomic E-state index is 0.114. The number of nitrogens with one attached hydrogen (secondary N) is 3. The van der Waals surface area contributed by atoms with Crippen molar-refractivity contribution < 1.29 is 18.8 Å². The highest BCUT2D eigenvalue weighted by Crippen LogP contribution is 2.20. The van der Waals surface area contributed by atoms with E-state index in [4.69, 9.17) is 0 Å². The molecule has 1 unspecified atom stereocenters. The van der Waals surface area contributed by atoms with Gasteiger partial charge in [-0.05, 0) is 48.7 Å². The van der Waals surface area contributed by atoms with Gasteiger partial charge in [0, 0.05) is 18.3 Å². The zero-order chi connectivity index (χ0) is 20.8. The number of hydrogen-bond donors (Lipinski definition) is 3. The highest BCUT2D eigenvalue weighted by molar-refractivity contribution is 6.01. The van der Waals surface area contributed by atoms with Crippen molar-refractivity contribution in [3.05, 3.63) is 59.4 Å². The van der Waals surface area contributed by atoms with Crippen molar-refractivity contribution in [1.82, 2.24) is 5.32 Å². The van der Waals surface area contributed by atoms with Crippen LogP contribution in [0.3, 0.4) is 0 Å². The van der Waals surface area contributed by atoms with Crippen LogP contribution in [0.5, 0.6) is 0 Å². The van der Waals surface area contributed by atoms with E-state index < -0.39 is 23.7 Å². The second kappa shape index (κ2) is 9.12. The van der Waals surface area contributed by atoms with Gasteiger partial charge in [0.25, 0.3) is 5.91 Å². The zero-order valence-corrected chi connectivity index (χ0v) is 16.3. The van der Waals surface area contributed by atoms with E-state index >= 15 is 0 Å². The molecular formula is C21H24FN3O3. The molecule has 0 saturated heterocycles. The summed E-state index contributed by atoms with van der Waals surface area (Å²) in [5.41, 5.74) is 1.85. The average molecular weight is 385 g/mol. The fourth-order valence-corrected chi connectivity index (χ4v) is 2.69. The van der Waals surface area contributed by atoms with Gasteiger partial charge in [-0.1, -0.05) is 26.0 Å². The molecule has 0 heterocycles. The van der Waals surface area contributed by atoms with Crippen LogP contribution in [0, 0.1) is 18.7 Å². The van der Waals surface area contributed by atoms with E-state index in [9.17, 15) is 18.8 Å². The lowest BCUT2D eigenvalue weighted by Crippen LogP contribution is -2.47. The van der Waals surface area contributed by atoms with Crippen molar-refractivity contribution in [2.45, 2.75) is 33.7 Å². The average Bonchev–Trinajstić information content (AvgIpc) is 2.61. The Hall–Kier alpha value is -3.22. The highest BCUT2D eigenvalue weighted by atomic mass is 19.1. The van der Waals surface area contributed by atoms with Crippen LogP contribution in [0.2, 0.25) is 0 Å². The van der Waals surface area contributed by atoms with E-state index in [2.05, 4.69) is 16.0 Å². The molecule has 0 saturated carbocycles. The van der Waals surface area contributed by atoms with E-state index in [1.54, 1.807) is 45.0 Å². The molecule has 7 heteroatoms. The van der Waals surface area contributed by atoms with Crippen molar-refractivity contribution in [1.29, 1.82) is 0 Å². The Kier molecular flexibility index (Phi) is 6.87. The van der Waals surface area contributed by atoms with Gasteiger partial charge in [-0.2, -0.15) is 0 Å². The van der Waals surface area contributed by atoms with Crippen LogP contribution in [0.15, 0.2) is 42.5 Å². The van der Waals surface area contributed by atoms with Gasteiger partial charge in [0.2, 0.25) is 11.8 Å². The summed E-state index contributed by atoms with van der Waals surface area (Å²) in [6, 6.07) is 9.83. The van der Waals surface area contributed by atoms with Crippen LogP contribution in [0.1, 0.15) is 36.7 Å². The zero-order valence-electron chi connectivity index (χ0n) is 16.3. The van der Waals surface area contributed by atoms with E-state index in [-0.39, 0.29) is 17.4 Å². The first-order chi connectivity index (χ1) is 13.2. The quantitative estimate of drug-likeness (QED) is 0.711. The minimum Gasteiger partial charge on any atom is -0.340 e. The minimum atomic E-state index is -0.845. The molecule has 3 N–H and O–H groups in total. The molecule has 0 radical (unpaired) electrons. The Morgan fingerprint density at radius 1 is 1.00 bits per heavy atom. The Labute approximate surface area is 163 Å². The summed E-state index contributed by atoms with van der Waals surface area (Å²) in [7, 11) is 0. The molecule has 3 amide bonds. The van der Waals surface area contributed by atoms with E-state index in [1.807, 2.05) is 0 Å². The number of halogens is 1. The number of anilines is 2. The largest absolute Gasteiger partial charge is 0.340 e. The van der Waals surface area contributed by atoms with Gasteiger partial charge in [-0.25, -0.2) is 4.39 Å². The molecule has 2 aromatic carbocycles. The predicted molar refractivity (Wildman–Crippen MR) is 107 cm³/mol. The van der Waals surface area contributed by atoms with E-state index in [0.717, 1.165) is 5.56 Å².